The molecule has 0 fully saturated rings. The van der Waals surface area contributed by atoms with E-state index >= 15 is 0 Å². The number of amides is 1. The first-order valence-corrected chi connectivity index (χ1v) is 6.58. The van der Waals surface area contributed by atoms with Gasteiger partial charge in [0.05, 0.1) is 10.7 Å². The lowest BCUT2D eigenvalue weighted by Crippen LogP contribution is -2.21. The summed E-state index contributed by atoms with van der Waals surface area (Å²) in [6.07, 6.45) is 1.47. The van der Waals surface area contributed by atoms with E-state index in [1.54, 1.807) is 24.3 Å². The number of aromatic nitrogens is 1. The van der Waals surface area contributed by atoms with E-state index in [1.165, 1.54) is 12.3 Å². The Hall–Kier alpha value is -2.40. The van der Waals surface area contributed by atoms with Gasteiger partial charge < -0.3 is 10.1 Å². The van der Waals surface area contributed by atoms with Crippen molar-refractivity contribution in [3.8, 4) is 0 Å². The summed E-state index contributed by atoms with van der Waals surface area (Å²) < 4.78 is 4.87. The van der Waals surface area contributed by atoms with Gasteiger partial charge in [0.15, 0.2) is 6.61 Å². The van der Waals surface area contributed by atoms with Gasteiger partial charge in [0.25, 0.3) is 5.91 Å². The van der Waals surface area contributed by atoms with Crippen molar-refractivity contribution < 1.29 is 14.3 Å². The van der Waals surface area contributed by atoms with E-state index < -0.39 is 18.5 Å². The number of anilines is 1. The summed E-state index contributed by atoms with van der Waals surface area (Å²) in [5.41, 5.74) is 1.61. The minimum Gasteiger partial charge on any atom is -0.451 e. The first-order chi connectivity index (χ1) is 10.1. The lowest BCUT2D eigenvalue weighted by Gasteiger charge is -2.08. The van der Waals surface area contributed by atoms with Crippen molar-refractivity contribution in [1.82, 2.24) is 4.98 Å². The third-order valence-corrected chi connectivity index (χ3v) is 2.92. The molecule has 2 rings (SSSR count). The molecule has 1 heterocycles. The second-order valence-electron chi connectivity index (χ2n) is 4.32. The highest BCUT2D eigenvalue weighted by atomic mass is 35.5. The second kappa shape index (κ2) is 6.85. The number of nitrogens with one attached hydrogen (secondary N) is 1. The van der Waals surface area contributed by atoms with E-state index in [-0.39, 0.29) is 5.69 Å². The number of ether oxygens (including phenoxy) is 1. The Labute approximate surface area is 126 Å². The number of halogens is 1. The molecule has 0 bridgehead atoms. The molecule has 0 unspecified atom stereocenters. The third kappa shape index (κ3) is 4.29. The van der Waals surface area contributed by atoms with Crippen LogP contribution < -0.4 is 5.32 Å². The number of rotatable bonds is 4. The molecular formula is C15H13ClN2O3. The predicted octanol–water partition coefficient (Wildman–Crippen LogP) is 2.84. The molecule has 6 heteroatoms. The van der Waals surface area contributed by atoms with Crippen LogP contribution in [0.4, 0.5) is 5.69 Å². The molecule has 2 aromatic rings. The number of benzene rings is 1. The van der Waals surface area contributed by atoms with E-state index in [2.05, 4.69) is 10.3 Å². The highest BCUT2D eigenvalue weighted by Gasteiger charge is 2.12. The summed E-state index contributed by atoms with van der Waals surface area (Å²) in [7, 11) is 0. The van der Waals surface area contributed by atoms with E-state index in [1.807, 2.05) is 13.0 Å². The molecule has 0 aliphatic heterocycles. The monoisotopic (exact) mass is 304 g/mol. The maximum absolute atomic E-state index is 11.7. The smallest absolute Gasteiger partial charge is 0.357 e. The Morgan fingerprint density at radius 1 is 1.29 bits per heavy atom. The average molecular weight is 305 g/mol. The molecule has 0 aliphatic carbocycles. The van der Waals surface area contributed by atoms with Crippen LogP contribution in [0.25, 0.3) is 0 Å². The normalized spacial score (nSPS) is 10.0. The topological polar surface area (TPSA) is 68.3 Å². The summed E-state index contributed by atoms with van der Waals surface area (Å²) in [6.45, 7) is 1.49. The Morgan fingerprint density at radius 2 is 2.10 bits per heavy atom. The largest absolute Gasteiger partial charge is 0.451 e. The molecular weight excluding hydrogens is 292 g/mol. The number of hydrogen-bond donors (Lipinski definition) is 1. The van der Waals surface area contributed by atoms with Crippen LogP contribution in [-0.2, 0) is 9.53 Å². The molecule has 1 aromatic heterocycles. The molecule has 0 radical (unpaired) electrons. The van der Waals surface area contributed by atoms with Crippen molar-refractivity contribution in [2.45, 2.75) is 6.92 Å². The van der Waals surface area contributed by atoms with Crippen LogP contribution in [0.3, 0.4) is 0 Å². The summed E-state index contributed by atoms with van der Waals surface area (Å²) in [5.74, 6) is -1.12. The van der Waals surface area contributed by atoms with Crippen molar-refractivity contribution in [3.63, 3.8) is 0 Å². The average Bonchev–Trinajstić information content (AvgIpc) is 2.48. The van der Waals surface area contributed by atoms with Gasteiger partial charge in [-0.15, -0.1) is 0 Å². The summed E-state index contributed by atoms with van der Waals surface area (Å²) >= 11 is 6.00. The van der Waals surface area contributed by atoms with E-state index in [4.69, 9.17) is 16.3 Å². The van der Waals surface area contributed by atoms with Crippen LogP contribution in [0.1, 0.15) is 16.1 Å². The van der Waals surface area contributed by atoms with Crippen molar-refractivity contribution in [2.75, 3.05) is 11.9 Å². The van der Waals surface area contributed by atoms with Crippen molar-refractivity contribution in [2.24, 2.45) is 0 Å². The van der Waals surface area contributed by atoms with Crippen molar-refractivity contribution >= 4 is 29.2 Å². The number of carbonyl (C=O) groups is 2. The highest BCUT2D eigenvalue weighted by molar-refractivity contribution is 6.33. The Balaban J connectivity index is 1.89. The van der Waals surface area contributed by atoms with Gasteiger partial charge in [0.1, 0.15) is 5.69 Å². The van der Waals surface area contributed by atoms with Gasteiger partial charge in [-0.05, 0) is 36.8 Å². The summed E-state index contributed by atoms with van der Waals surface area (Å²) in [4.78, 5) is 27.2. The van der Waals surface area contributed by atoms with E-state index in [0.717, 1.165) is 5.56 Å². The fourth-order valence-electron chi connectivity index (χ4n) is 1.60. The van der Waals surface area contributed by atoms with Crippen LogP contribution >= 0.6 is 11.6 Å². The molecule has 108 valence electrons. The number of carbonyl (C=O) groups excluding carboxylic acids is 2. The minimum atomic E-state index is -0.652. The maximum atomic E-state index is 11.7. The highest BCUT2D eigenvalue weighted by Crippen LogP contribution is 2.22. The number of aryl methyl sites for hydroxylation is 1. The van der Waals surface area contributed by atoms with Crippen LogP contribution in [0.15, 0.2) is 42.6 Å². The zero-order valence-electron chi connectivity index (χ0n) is 11.3. The zero-order valence-corrected chi connectivity index (χ0v) is 12.1. The summed E-state index contributed by atoms with van der Waals surface area (Å²) in [6, 6.07) is 10.1. The molecule has 0 atom stereocenters. The molecule has 1 aromatic carbocycles. The standard InChI is InChI=1S/C15H13ClN2O3/c1-10-5-6-12(11(16)8-10)18-14(19)9-21-15(20)13-4-2-3-7-17-13/h2-8H,9H2,1H3,(H,18,19). The van der Waals surface area contributed by atoms with E-state index in [0.29, 0.717) is 10.7 Å². The second-order valence-corrected chi connectivity index (χ2v) is 4.73. The minimum absolute atomic E-state index is 0.152. The van der Waals surface area contributed by atoms with Gasteiger partial charge >= 0.3 is 5.97 Å². The molecule has 0 saturated carbocycles. The van der Waals surface area contributed by atoms with Crippen LogP contribution in [0.2, 0.25) is 5.02 Å². The fraction of sp³-hybridized carbons (Fsp3) is 0.133. The van der Waals surface area contributed by atoms with Gasteiger partial charge in [-0.2, -0.15) is 0 Å². The van der Waals surface area contributed by atoms with Gasteiger partial charge in [-0.1, -0.05) is 23.7 Å². The predicted molar refractivity (Wildman–Crippen MR) is 79.3 cm³/mol. The van der Waals surface area contributed by atoms with Crippen LogP contribution in [0.5, 0.6) is 0 Å². The zero-order chi connectivity index (χ0) is 15.2. The molecule has 1 amide bonds. The molecule has 0 saturated heterocycles. The van der Waals surface area contributed by atoms with Gasteiger partial charge in [-0.25, -0.2) is 9.78 Å². The molecule has 0 aliphatic rings. The molecule has 21 heavy (non-hydrogen) atoms. The summed E-state index contributed by atoms with van der Waals surface area (Å²) in [5, 5.41) is 3.01. The van der Waals surface area contributed by atoms with Gasteiger partial charge in [-0.3, -0.25) is 4.79 Å². The Bertz CT molecular complexity index is 659. The van der Waals surface area contributed by atoms with E-state index in [9.17, 15) is 9.59 Å². The lowest BCUT2D eigenvalue weighted by molar-refractivity contribution is -0.119. The van der Waals surface area contributed by atoms with Crippen LogP contribution in [-0.4, -0.2) is 23.5 Å². The molecule has 1 N–H and O–H groups in total. The number of esters is 1. The fourth-order valence-corrected chi connectivity index (χ4v) is 1.88. The first kappa shape index (κ1) is 15.0. The third-order valence-electron chi connectivity index (χ3n) is 2.61. The first-order valence-electron chi connectivity index (χ1n) is 6.20. The Morgan fingerprint density at radius 3 is 2.76 bits per heavy atom. The maximum Gasteiger partial charge on any atom is 0.357 e. The molecule has 0 spiro atoms. The number of hydrogen-bond acceptors (Lipinski definition) is 4. The van der Waals surface area contributed by atoms with Crippen molar-refractivity contribution in [3.05, 3.63) is 58.9 Å². The van der Waals surface area contributed by atoms with Gasteiger partial charge in [0.2, 0.25) is 0 Å². The SMILES string of the molecule is Cc1ccc(NC(=O)COC(=O)c2ccccn2)c(Cl)c1. The Kier molecular flexibility index (Phi) is 4.90. The van der Waals surface area contributed by atoms with Crippen molar-refractivity contribution in [1.29, 1.82) is 0 Å². The number of pyridine rings is 1. The quantitative estimate of drug-likeness (QED) is 0.882. The number of nitrogens with zero attached hydrogens (tertiary/aromatic N) is 1. The molecule has 5 nitrogen and oxygen atoms in total. The lowest BCUT2D eigenvalue weighted by atomic mass is 10.2. The van der Waals surface area contributed by atoms with Gasteiger partial charge in [0, 0.05) is 6.20 Å². The van der Waals surface area contributed by atoms with Crippen LogP contribution in [0, 0.1) is 6.92 Å².